The second-order valence-electron chi connectivity index (χ2n) is 4.07. The van der Waals surface area contributed by atoms with E-state index in [1.54, 1.807) is 12.1 Å². The van der Waals surface area contributed by atoms with Crippen molar-refractivity contribution in [1.29, 1.82) is 0 Å². The highest BCUT2D eigenvalue weighted by atomic mass is 16.5. The normalized spacial score (nSPS) is 11.9. The predicted octanol–water partition coefficient (Wildman–Crippen LogP) is 2.51. The van der Waals surface area contributed by atoms with Crippen LogP contribution >= 0.6 is 0 Å². The zero-order chi connectivity index (χ0) is 13.7. The number of benzene rings is 2. The van der Waals surface area contributed by atoms with Crippen LogP contribution in [0.3, 0.4) is 0 Å². The molecule has 4 nitrogen and oxygen atoms in total. The van der Waals surface area contributed by atoms with E-state index in [0.717, 1.165) is 0 Å². The summed E-state index contributed by atoms with van der Waals surface area (Å²) >= 11 is 0. The summed E-state index contributed by atoms with van der Waals surface area (Å²) in [6, 6.07) is 14.0. The molecular weight excluding hydrogens is 244 g/mol. The van der Waals surface area contributed by atoms with Crippen LogP contribution in [-0.4, -0.2) is 23.9 Å². The van der Waals surface area contributed by atoms with Gasteiger partial charge in [0, 0.05) is 0 Å². The van der Waals surface area contributed by atoms with E-state index in [4.69, 9.17) is 9.47 Å². The second-order valence-corrected chi connectivity index (χ2v) is 4.07. The maximum absolute atomic E-state index is 10.0. The summed E-state index contributed by atoms with van der Waals surface area (Å²) in [5.41, 5.74) is 0.630. The Morgan fingerprint density at radius 2 is 1.84 bits per heavy atom. The number of phenolic OH excluding ortho intramolecular Hbond substituents is 1. The zero-order valence-electron chi connectivity index (χ0n) is 10.6. The average Bonchev–Trinajstić information content (AvgIpc) is 2.46. The van der Waals surface area contributed by atoms with E-state index in [1.165, 1.54) is 13.2 Å². The molecular formula is C15H16O4. The predicted molar refractivity (Wildman–Crippen MR) is 71.6 cm³/mol. The number of aliphatic hydroxyl groups excluding tert-OH is 1. The largest absolute Gasteiger partial charge is 0.504 e. The highest BCUT2D eigenvalue weighted by Gasteiger charge is 2.11. The summed E-state index contributed by atoms with van der Waals surface area (Å²) < 4.78 is 10.5. The summed E-state index contributed by atoms with van der Waals surface area (Å²) in [6.07, 6.45) is -0.783. The van der Waals surface area contributed by atoms with Gasteiger partial charge >= 0.3 is 0 Å². The van der Waals surface area contributed by atoms with Crippen molar-refractivity contribution < 1.29 is 19.7 Å². The lowest BCUT2D eigenvalue weighted by atomic mass is 10.1. The van der Waals surface area contributed by atoms with Crippen LogP contribution in [-0.2, 0) is 0 Å². The number of hydrogen-bond donors (Lipinski definition) is 2. The maximum atomic E-state index is 10.0. The van der Waals surface area contributed by atoms with Gasteiger partial charge in [0.15, 0.2) is 11.5 Å². The van der Waals surface area contributed by atoms with Crippen LogP contribution in [0.4, 0.5) is 0 Å². The first kappa shape index (κ1) is 13.2. The summed E-state index contributed by atoms with van der Waals surface area (Å²) in [7, 11) is 1.46. The van der Waals surface area contributed by atoms with Gasteiger partial charge in [-0.25, -0.2) is 0 Å². The van der Waals surface area contributed by atoms with Crippen LogP contribution in [0.5, 0.6) is 17.2 Å². The third-order valence-electron chi connectivity index (χ3n) is 2.74. The molecule has 19 heavy (non-hydrogen) atoms. The smallest absolute Gasteiger partial charge is 0.160 e. The lowest BCUT2D eigenvalue weighted by Gasteiger charge is -2.14. The fourth-order valence-corrected chi connectivity index (χ4v) is 1.69. The van der Waals surface area contributed by atoms with Crippen LogP contribution in [0.2, 0.25) is 0 Å². The van der Waals surface area contributed by atoms with Gasteiger partial charge in [0.25, 0.3) is 0 Å². The zero-order valence-corrected chi connectivity index (χ0v) is 10.6. The van der Waals surface area contributed by atoms with Gasteiger partial charge in [-0.3, -0.25) is 0 Å². The number of aromatic hydroxyl groups is 1. The van der Waals surface area contributed by atoms with Gasteiger partial charge < -0.3 is 19.7 Å². The molecule has 0 aliphatic rings. The van der Waals surface area contributed by atoms with Crippen molar-refractivity contribution in [1.82, 2.24) is 0 Å². The molecule has 0 spiro atoms. The van der Waals surface area contributed by atoms with Crippen molar-refractivity contribution in [2.75, 3.05) is 13.7 Å². The molecule has 1 atom stereocenters. The van der Waals surface area contributed by atoms with E-state index in [2.05, 4.69) is 0 Å². The van der Waals surface area contributed by atoms with E-state index < -0.39 is 6.10 Å². The molecule has 0 aliphatic heterocycles. The first-order valence-electron chi connectivity index (χ1n) is 5.93. The molecule has 2 N–H and O–H groups in total. The molecule has 100 valence electrons. The van der Waals surface area contributed by atoms with Crippen molar-refractivity contribution in [3.05, 3.63) is 54.1 Å². The van der Waals surface area contributed by atoms with Gasteiger partial charge in [0.05, 0.1) is 7.11 Å². The molecule has 1 unspecified atom stereocenters. The van der Waals surface area contributed by atoms with Crippen LogP contribution < -0.4 is 9.47 Å². The van der Waals surface area contributed by atoms with Crippen LogP contribution in [0.25, 0.3) is 0 Å². The molecule has 0 fully saturated rings. The third-order valence-corrected chi connectivity index (χ3v) is 2.74. The topological polar surface area (TPSA) is 58.9 Å². The van der Waals surface area contributed by atoms with E-state index in [1.807, 2.05) is 30.3 Å². The Morgan fingerprint density at radius 3 is 2.53 bits per heavy atom. The minimum Gasteiger partial charge on any atom is -0.504 e. The quantitative estimate of drug-likeness (QED) is 0.867. The Labute approximate surface area is 111 Å². The van der Waals surface area contributed by atoms with Gasteiger partial charge in [-0.05, 0) is 29.8 Å². The molecule has 2 rings (SSSR count). The summed E-state index contributed by atoms with van der Waals surface area (Å²) in [4.78, 5) is 0. The number of para-hydroxylation sites is 1. The summed E-state index contributed by atoms with van der Waals surface area (Å²) in [5.74, 6) is 1.07. The van der Waals surface area contributed by atoms with Crippen molar-refractivity contribution in [2.24, 2.45) is 0 Å². The molecule has 4 heteroatoms. The number of methoxy groups -OCH3 is 1. The van der Waals surface area contributed by atoms with Gasteiger partial charge in [-0.1, -0.05) is 24.3 Å². The molecule has 0 aliphatic carbocycles. The number of hydrogen-bond acceptors (Lipinski definition) is 4. The molecule has 0 heterocycles. The molecule has 0 radical (unpaired) electrons. The SMILES string of the molecule is COc1cc(C(O)COc2ccccc2)ccc1O. The Hall–Kier alpha value is -2.20. The number of aliphatic hydroxyl groups is 1. The van der Waals surface area contributed by atoms with Gasteiger partial charge in [0.1, 0.15) is 18.5 Å². The molecule has 2 aromatic rings. The van der Waals surface area contributed by atoms with E-state index >= 15 is 0 Å². The molecule has 0 bridgehead atoms. The van der Waals surface area contributed by atoms with Crippen molar-refractivity contribution in [3.63, 3.8) is 0 Å². The molecule has 0 aromatic heterocycles. The lowest BCUT2D eigenvalue weighted by Crippen LogP contribution is -2.09. The summed E-state index contributed by atoms with van der Waals surface area (Å²) in [5, 5.41) is 19.5. The fourth-order valence-electron chi connectivity index (χ4n) is 1.69. The minimum atomic E-state index is -0.783. The second kappa shape index (κ2) is 6.11. The molecule has 0 saturated heterocycles. The number of rotatable bonds is 5. The third kappa shape index (κ3) is 3.39. The monoisotopic (exact) mass is 260 g/mol. The molecule has 0 amide bonds. The minimum absolute atomic E-state index is 0.0439. The van der Waals surface area contributed by atoms with Crippen LogP contribution in [0, 0.1) is 0 Å². The van der Waals surface area contributed by atoms with Crippen molar-refractivity contribution in [3.8, 4) is 17.2 Å². The fraction of sp³-hybridized carbons (Fsp3) is 0.200. The Balaban J connectivity index is 2.02. The lowest BCUT2D eigenvalue weighted by molar-refractivity contribution is 0.108. The Morgan fingerprint density at radius 1 is 1.11 bits per heavy atom. The highest BCUT2D eigenvalue weighted by molar-refractivity contribution is 5.42. The van der Waals surface area contributed by atoms with Crippen LogP contribution in [0.1, 0.15) is 11.7 Å². The number of phenols is 1. The van der Waals surface area contributed by atoms with Crippen molar-refractivity contribution >= 4 is 0 Å². The van der Waals surface area contributed by atoms with E-state index in [-0.39, 0.29) is 12.4 Å². The summed E-state index contributed by atoms with van der Waals surface area (Å²) in [6.45, 7) is 0.137. The highest BCUT2D eigenvalue weighted by Crippen LogP contribution is 2.29. The van der Waals surface area contributed by atoms with Crippen LogP contribution in [0.15, 0.2) is 48.5 Å². The van der Waals surface area contributed by atoms with Gasteiger partial charge in [-0.2, -0.15) is 0 Å². The number of ether oxygens (including phenoxy) is 2. The van der Waals surface area contributed by atoms with E-state index in [9.17, 15) is 10.2 Å². The first-order valence-corrected chi connectivity index (χ1v) is 5.93. The Bertz CT molecular complexity index is 525. The standard InChI is InChI=1S/C15H16O4/c1-18-15-9-11(7-8-13(15)16)14(17)10-19-12-5-3-2-4-6-12/h2-9,14,16-17H,10H2,1H3. The molecule has 0 saturated carbocycles. The van der Waals surface area contributed by atoms with Crippen molar-refractivity contribution in [2.45, 2.75) is 6.10 Å². The van der Waals surface area contributed by atoms with E-state index in [0.29, 0.717) is 17.1 Å². The Kier molecular flexibility index (Phi) is 4.26. The molecule has 2 aromatic carbocycles. The maximum Gasteiger partial charge on any atom is 0.160 e. The van der Waals surface area contributed by atoms with Gasteiger partial charge in [-0.15, -0.1) is 0 Å². The first-order chi connectivity index (χ1) is 9.20. The van der Waals surface area contributed by atoms with Gasteiger partial charge in [0.2, 0.25) is 0 Å². The average molecular weight is 260 g/mol.